The number of hydrogen-bond donors (Lipinski definition) is 1. The van der Waals surface area contributed by atoms with Gasteiger partial charge >= 0.3 is 5.97 Å². The van der Waals surface area contributed by atoms with Crippen molar-refractivity contribution in [1.29, 1.82) is 0 Å². The number of esters is 1. The van der Waals surface area contributed by atoms with Crippen molar-refractivity contribution >= 4 is 34.5 Å². The zero-order valence-electron chi connectivity index (χ0n) is 14.6. The maximum atomic E-state index is 11.6. The van der Waals surface area contributed by atoms with Crippen LogP contribution in [0, 0.1) is 0 Å². The fraction of sp³-hybridized carbons (Fsp3) is 0.150. The average Bonchev–Trinajstić information content (AvgIpc) is 2.99. The third kappa shape index (κ3) is 4.57. The maximum Gasteiger partial charge on any atom is 0.337 e. The topological polar surface area (TPSA) is 81.7 Å². The first-order valence-electron chi connectivity index (χ1n) is 8.12. The van der Waals surface area contributed by atoms with E-state index in [-0.39, 0.29) is 22.0 Å². The molecule has 0 aliphatic carbocycles. The van der Waals surface area contributed by atoms with E-state index in [2.05, 4.69) is 16.6 Å². The van der Waals surface area contributed by atoms with Crippen molar-refractivity contribution in [2.75, 3.05) is 7.11 Å². The number of carbonyl (C=O) groups is 3. The molecule has 0 bridgehead atoms. The highest BCUT2D eigenvalue weighted by Gasteiger charge is 2.31. The number of benzene rings is 2. The van der Waals surface area contributed by atoms with Crippen LogP contribution in [0.2, 0.25) is 0 Å². The second kappa shape index (κ2) is 8.09. The van der Waals surface area contributed by atoms with Gasteiger partial charge in [0.05, 0.1) is 17.9 Å². The molecule has 3 rings (SSSR count). The van der Waals surface area contributed by atoms with Gasteiger partial charge in [0.1, 0.15) is 11.5 Å². The molecule has 1 aliphatic rings. The highest BCUT2D eigenvalue weighted by atomic mass is 32.2. The molecular weight excluding hydrogens is 366 g/mol. The quantitative estimate of drug-likeness (QED) is 0.607. The first-order chi connectivity index (χ1) is 13.0. The molecule has 0 spiro atoms. The summed E-state index contributed by atoms with van der Waals surface area (Å²) in [5.41, 5.74) is 1.88. The van der Waals surface area contributed by atoms with Gasteiger partial charge in [0, 0.05) is 0 Å². The van der Waals surface area contributed by atoms with Gasteiger partial charge in [-0.25, -0.2) is 4.79 Å². The van der Waals surface area contributed by atoms with E-state index in [9.17, 15) is 14.4 Å². The lowest BCUT2D eigenvalue weighted by Crippen LogP contribution is -2.25. The highest BCUT2D eigenvalue weighted by molar-refractivity contribution is 8.15. The normalized spacial score (nSPS) is 16.0. The van der Waals surface area contributed by atoms with Crippen LogP contribution in [0.5, 0.6) is 11.5 Å². The number of nitrogens with one attached hydrogen (secondary N) is 1. The van der Waals surface area contributed by atoms with E-state index in [1.807, 2.05) is 12.1 Å². The number of methoxy groups -OCH3 is 1. The molecule has 0 saturated carbocycles. The van der Waals surface area contributed by atoms with Crippen molar-refractivity contribution in [3.05, 3.63) is 66.2 Å². The molecule has 2 amide bonds. The first-order valence-corrected chi connectivity index (χ1v) is 9.00. The number of hydrogen-bond acceptors (Lipinski definition) is 6. The minimum Gasteiger partial charge on any atom is -0.465 e. The summed E-state index contributed by atoms with van der Waals surface area (Å²) < 4.78 is 10.4. The molecule has 1 atom stereocenters. The van der Waals surface area contributed by atoms with Gasteiger partial charge in [-0.1, -0.05) is 42.6 Å². The first kappa shape index (κ1) is 18.7. The molecule has 6 nitrogen and oxygen atoms in total. The van der Waals surface area contributed by atoms with Crippen LogP contribution in [0.4, 0.5) is 4.79 Å². The van der Waals surface area contributed by atoms with E-state index in [0.717, 1.165) is 17.3 Å². The van der Waals surface area contributed by atoms with Gasteiger partial charge in [-0.2, -0.15) is 0 Å². The van der Waals surface area contributed by atoms with E-state index in [1.54, 1.807) is 36.4 Å². The summed E-state index contributed by atoms with van der Waals surface area (Å²) in [6.07, 6.45) is 0.479. The van der Waals surface area contributed by atoms with E-state index < -0.39 is 5.97 Å². The smallest absolute Gasteiger partial charge is 0.337 e. The molecule has 7 heteroatoms. The van der Waals surface area contributed by atoms with Crippen LogP contribution in [-0.2, 0) is 20.7 Å². The van der Waals surface area contributed by atoms with Crippen LogP contribution in [-0.4, -0.2) is 29.5 Å². The van der Waals surface area contributed by atoms with Gasteiger partial charge in [-0.05, 0) is 41.8 Å². The summed E-state index contributed by atoms with van der Waals surface area (Å²) in [6, 6.07) is 14.3. The monoisotopic (exact) mass is 383 g/mol. The van der Waals surface area contributed by atoms with Crippen molar-refractivity contribution in [2.45, 2.75) is 11.7 Å². The second-order valence-electron chi connectivity index (χ2n) is 5.83. The van der Waals surface area contributed by atoms with Gasteiger partial charge in [0.2, 0.25) is 5.91 Å². The van der Waals surface area contributed by atoms with Crippen LogP contribution < -0.4 is 10.1 Å². The molecule has 1 N–H and O–H groups in total. The SMILES string of the molecule is C=C(C(=O)OC)c1ccc(Oc2ccc(CC3SC(=O)NC3=O)cc2)cc1. The fourth-order valence-corrected chi connectivity index (χ4v) is 3.40. The third-order valence-corrected chi connectivity index (χ3v) is 4.96. The lowest BCUT2D eigenvalue weighted by Gasteiger charge is -2.09. The van der Waals surface area contributed by atoms with Crippen molar-refractivity contribution in [3.63, 3.8) is 0 Å². The van der Waals surface area contributed by atoms with E-state index in [0.29, 0.717) is 23.5 Å². The van der Waals surface area contributed by atoms with Crippen LogP contribution >= 0.6 is 11.8 Å². The second-order valence-corrected chi connectivity index (χ2v) is 7.00. The van der Waals surface area contributed by atoms with Crippen LogP contribution in [0.25, 0.3) is 5.57 Å². The third-order valence-electron chi connectivity index (χ3n) is 3.98. The van der Waals surface area contributed by atoms with Crippen molar-refractivity contribution in [3.8, 4) is 11.5 Å². The Balaban J connectivity index is 1.61. The van der Waals surface area contributed by atoms with Gasteiger partial charge in [0.15, 0.2) is 0 Å². The molecule has 1 heterocycles. The van der Waals surface area contributed by atoms with Crippen molar-refractivity contribution in [2.24, 2.45) is 0 Å². The Morgan fingerprint density at radius 2 is 1.67 bits per heavy atom. The van der Waals surface area contributed by atoms with Gasteiger partial charge in [-0.15, -0.1) is 0 Å². The maximum absolute atomic E-state index is 11.6. The zero-order chi connectivity index (χ0) is 19.4. The average molecular weight is 383 g/mol. The lowest BCUT2D eigenvalue weighted by molar-refractivity contribution is -0.133. The van der Waals surface area contributed by atoms with Crippen LogP contribution in [0.1, 0.15) is 11.1 Å². The Hall–Kier alpha value is -3.06. The van der Waals surface area contributed by atoms with E-state index in [4.69, 9.17) is 4.74 Å². The summed E-state index contributed by atoms with van der Waals surface area (Å²) in [5.74, 6) is 0.521. The van der Waals surface area contributed by atoms with Crippen molar-refractivity contribution < 1.29 is 23.9 Å². The Labute approximate surface area is 160 Å². The molecule has 1 fully saturated rings. The number of thioether (sulfide) groups is 1. The lowest BCUT2D eigenvalue weighted by atomic mass is 10.1. The molecule has 138 valence electrons. The summed E-state index contributed by atoms with van der Waals surface area (Å²) in [5, 5.41) is 1.59. The minimum absolute atomic E-state index is 0.251. The molecule has 27 heavy (non-hydrogen) atoms. The summed E-state index contributed by atoms with van der Waals surface area (Å²) in [4.78, 5) is 34.3. The predicted octanol–water partition coefficient (Wildman–Crippen LogP) is 3.56. The predicted molar refractivity (Wildman–Crippen MR) is 103 cm³/mol. The molecule has 2 aromatic rings. The largest absolute Gasteiger partial charge is 0.465 e. The molecule has 1 aliphatic heterocycles. The molecule has 1 saturated heterocycles. The van der Waals surface area contributed by atoms with Gasteiger partial charge in [0.25, 0.3) is 5.24 Å². The zero-order valence-corrected chi connectivity index (χ0v) is 15.4. The summed E-state index contributed by atoms with van der Waals surface area (Å²) in [6.45, 7) is 3.70. The number of imide groups is 1. The highest BCUT2D eigenvalue weighted by Crippen LogP contribution is 2.26. The number of rotatable bonds is 6. The van der Waals surface area contributed by atoms with Crippen molar-refractivity contribution in [1.82, 2.24) is 5.32 Å². The molecule has 1 unspecified atom stereocenters. The van der Waals surface area contributed by atoms with Gasteiger partial charge in [-0.3, -0.25) is 14.9 Å². The van der Waals surface area contributed by atoms with Crippen LogP contribution in [0.3, 0.4) is 0 Å². The van der Waals surface area contributed by atoms with Crippen LogP contribution in [0.15, 0.2) is 55.1 Å². The molecule has 0 radical (unpaired) electrons. The standard InChI is InChI=1S/C20H17NO5S/c1-12(19(23)25-2)14-5-9-16(10-6-14)26-15-7-3-13(4-8-15)11-17-18(22)21-20(24)27-17/h3-10,17H,1,11H2,2H3,(H,21,22,24). The Bertz CT molecular complexity index is 890. The summed E-state index contributed by atoms with van der Waals surface area (Å²) >= 11 is 1.01. The van der Waals surface area contributed by atoms with E-state index >= 15 is 0 Å². The Morgan fingerprint density at radius 3 is 2.19 bits per heavy atom. The Morgan fingerprint density at radius 1 is 1.07 bits per heavy atom. The minimum atomic E-state index is -0.477. The number of amides is 2. The molecule has 0 aromatic heterocycles. The number of ether oxygens (including phenoxy) is 2. The summed E-state index contributed by atoms with van der Waals surface area (Å²) in [7, 11) is 1.31. The Kier molecular flexibility index (Phi) is 5.61. The fourth-order valence-electron chi connectivity index (χ4n) is 2.54. The van der Waals surface area contributed by atoms with E-state index in [1.165, 1.54) is 7.11 Å². The molecular formula is C20H17NO5S. The molecule has 2 aromatic carbocycles. The number of carbonyl (C=O) groups excluding carboxylic acids is 3. The van der Waals surface area contributed by atoms with Gasteiger partial charge < -0.3 is 9.47 Å².